The minimum Gasteiger partial charge on any atom is -0.370 e. The van der Waals surface area contributed by atoms with Crippen molar-refractivity contribution in [3.63, 3.8) is 0 Å². The fraction of sp³-hybridized carbons (Fsp3) is 0.647. The molecule has 104 valence electrons. The molecule has 0 bridgehead atoms. The van der Waals surface area contributed by atoms with E-state index in [0.29, 0.717) is 0 Å². The monoisotopic (exact) mass is 259 g/mol. The summed E-state index contributed by atoms with van der Waals surface area (Å²) in [4.78, 5) is 0. The van der Waals surface area contributed by atoms with Crippen LogP contribution in [-0.4, -0.2) is 18.7 Å². The molecular weight excluding hydrogens is 234 g/mol. The van der Waals surface area contributed by atoms with Gasteiger partial charge in [-0.05, 0) is 32.3 Å². The Balaban J connectivity index is 1.69. The van der Waals surface area contributed by atoms with Crippen LogP contribution in [0.1, 0.15) is 54.9 Å². The second kappa shape index (κ2) is 5.26. The van der Waals surface area contributed by atoms with Crippen molar-refractivity contribution in [2.45, 2.75) is 57.6 Å². The first kappa shape index (κ1) is 13.1. The highest BCUT2D eigenvalue weighted by atomic mass is 16.5. The molecule has 0 aromatic heterocycles. The van der Waals surface area contributed by atoms with Gasteiger partial charge in [0.05, 0.1) is 12.7 Å². The van der Waals surface area contributed by atoms with Crippen LogP contribution >= 0.6 is 0 Å². The summed E-state index contributed by atoms with van der Waals surface area (Å²) in [5, 5.41) is 3.80. The maximum Gasteiger partial charge on any atom is 0.0950 e. The Morgan fingerprint density at radius 2 is 1.74 bits per heavy atom. The van der Waals surface area contributed by atoms with E-state index in [9.17, 15) is 0 Å². The van der Waals surface area contributed by atoms with Gasteiger partial charge >= 0.3 is 0 Å². The van der Waals surface area contributed by atoms with Crippen molar-refractivity contribution in [2.24, 2.45) is 0 Å². The molecule has 3 rings (SSSR count). The third-order valence-corrected chi connectivity index (χ3v) is 4.65. The molecule has 0 radical (unpaired) electrons. The van der Waals surface area contributed by atoms with E-state index in [-0.39, 0.29) is 11.6 Å². The highest BCUT2D eigenvalue weighted by Gasteiger charge is 2.36. The van der Waals surface area contributed by atoms with Crippen LogP contribution in [0.2, 0.25) is 0 Å². The average molecular weight is 259 g/mol. The first-order valence-corrected chi connectivity index (χ1v) is 7.62. The van der Waals surface area contributed by atoms with Crippen LogP contribution in [-0.2, 0) is 4.74 Å². The van der Waals surface area contributed by atoms with E-state index in [0.717, 1.165) is 13.2 Å². The SMILES string of the molecule is Cc1cc(C)cc(C2CNC3(CCCCC3)CO2)c1. The highest BCUT2D eigenvalue weighted by Crippen LogP contribution is 2.34. The number of hydrogen-bond donors (Lipinski definition) is 1. The van der Waals surface area contributed by atoms with Crippen molar-refractivity contribution < 1.29 is 4.74 Å². The van der Waals surface area contributed by atoms with E-state index in [2.05, 4.69) is 37.4 Å². The van der Waals surface area contributed by atoms with Gasteiger partial charge in [-0.25, -0.2) is 0 Å². The minimum atomic E-state index is 0.228. The zero-order chi connectivity index (χ0) is 13.3. The van der Waals surface area contributed by atoms with Gasteiger partial charge in [0, 0.05) is 12.1 Å². The van der Waals surface area contributed by atoms with Crippen molar-refractivity contribution in [2.75, 3.05) is 13.2 Å². The lowest BCUT2D eigenvalue weighted by Crippen LogP contribution is -2.55. The molecular formula is C17H25NO. The van der Waals surface area contributed by atoms with Crippen LogP contribution in [0.15, 0.2) is 18.2 Å². The van der Waals surface area contributed by atoms with E-state index in [1.54, 1.807) is 0 Å². The van der Waals surface area contributed by atoms with E-state index in [1.165, 1.54) is 48.8 Å². The molecule has 1 atom stereocenters. The summed E-state index contributed by atoms with van der Waals surface area (Å²) < 4.78 is 6.20. The lowest BCUT2D eigenvalue weighted by Gasteiger charge is -2.44. The maximum atomic E-state index is 6.20. The summed E-state index contributed by atoms with van der Waals surface area (Å²) in [7, 11) is 0. The maximum absolute atomic E-state index is 6.20. The fourth-order valence-electron chi connectivity index (χ4n) is 3.64. The summed E-state index contributed by atoms with van der Waals surface area (Å²) in [5.74, 6) is 0. The van der Waals surface area contributed by atoms with Gasteiger partial charge in [0.2, 0.25) is 0 Å². The molecule has 1 heterocycles. The smallest absolute Gasteiger partial charge is 0.0950 e. The predicted octanol–water partition coefficient (Wildman–Crippen LogP) is 3.67. The van der Waals surface area contributed by atoms with Crippen molar-refractivity contribution >= 4 is 0 Å². The third kappa shape index (κ3) is 2.85. The van der Waals surface area contributed by atoms with Gasteiger partial charge in [0.1, 0.15) is 0 Å². The predicted molar refractivity (Wildman–Crippen MR) is 78.4 cm³/mol. The number of aryl methyl sites for hydroxylation is 2. The molecule has 2 aliphatic rings. The Morgan fingerprint density at radius 1 is 1.05 bits per heavy atom. The van der Waals surface area contributed by atoms with E-state index in [1.807, 2.05) is 0 Å². The highest BCUT2D eigenvalue weighted by molar-refractivity contribution is 5.30. The molecule has 1 spiro atoms. The van der Waals surface area contributed by atoms with Gasteiger partial charge in [-0.3, -0.25) is 0 Å². The topological polar surface area (TPSA) is 21.3 Å². The Hall–Kier alpha value is -0.860. The largest absolute Gasteiger partial charge is 0.370 e. The van der Waals surface area contributed by atoms with Crippen LogP contribution < -0.4 is 5.32 Å². The standard InChI is InChI=1S/C17H25NO/c1-13-8-14(2)10-15(9-13)16-11-18-17(12-19-16)6-4-3-5-7-17/h8-10,16,18H,3-7,11-12H2,1-2H3. The van der Waals surface area contributed by atoms with Crippen molar-refractivity contribution in [3.8, 4) is 0 Å². The molecule has 19 heavy (non-hydrogen) atoms. The molecule has 2 heteroatoms. The molecule has 2 fully saturated rings. The molecule has 1 aromatic carbocycles. The van der Waals surface area contributed by atoms with Crippen LogP contribution in [0.25, 0.3) is 0 Å². The summed E-state index contributed by atoms with van der Waals surface area (Å²) in [6, 6.07) is 6.75. The van der Waals surface area contributed by atoms with Gasteiger partial charge in [0.15, 0.2) is 0 Å². The molecule has 1 saturated heterocycles. The van der Waals surface area contributed by atoms with Gasteiger partial charge in [-0.1, -0.05) is 48.6 Å². The lowest BCUT2D eigenvalue weighted by molar-refractivity contribution is -0.0467. The second-order valence-electron chi connectivity index (χ2n) is 6.44. The van der Waals surface area contributed by atoms with Crippen molar-refractivity contribution in [1.82, 2.24) is 5.32 Å². The average Bonchev–Trinajstić information content (AvgIpc) is 2.39. The summed E-state index contributed by atoms with van der Waals surface area (Å²) in [6.45, 7) is 6.16. The van der Waals surface area contributed by atoms with Gasteiger partial charge in [-0.15, -0.1) is 0 Å². The van der Waals surface area contributed by atoms with Crippen molar-refractivity contribution in [3.05, 3.63) is 34.9 Å². The quantitative estimate of drug-likeness (QED) is 0.831. The third-order valence-electron chi connectivity index (χ3n) is 4.65. The lowest BCUT2D eigenvalue weighted by atomic mass is 9.81. The minimum absolute atomic E-state index is 0.228. The van der Waals surface area contributed by atoms with Crippen LogP contribution in [0.4, 0.5) is 0 Å². The molecule has 1 N–H and O–H groups in total. The van der Waals surface area contributed by atoms with E-state index >= 15 is 0 Å². The zero-order valence-electron chi connectivity index (χ0n) is 12.2. The van der Waals surface area contributed by atoms with Crippen LogP contribution in [0.5, 0.6) is 0 Å². The molecule has 0 amide bonds. The first-order valence-electron chi connectivity index (χ1n) is 7.62. The first-order chi connectivity index (χ1) is 9.17. The zero-order valence-corrected chi connectivity index (χ0v) is 12.2. The molecule has 1 unspecified atom stereocenters. The molecule has 1 aromatic rings. The number of nitrogens with one attached hydrogen (secondary N) is 1. The van der Waals surface area contributed by atoms with Crippen LogP contribution in [0.3, 0.4) is 0 Å². The van der Waals surface area contributed by atoms with Gasteiger partial charge in [0.25, 0.3) is 0 Å². The molecule has 2 nitrogen and oxygen atoms in total. The van der Waals surface area contributed by atoms with Crippen molar-refractivity contribution in [1.29, 1.82) is 0 Å². The molecule has 1 saturated carbocycles. The Kier molecular flexibility index (Phi) is 3.64. The molecule has 1 aliphatic carbocycles. The number of morpholine rings is 1. The van der Waals surface area contributed by atoms with Gasteiger partial charge < -0.3 is 10.1 Å². The molecule has 1 aliphatic heterocycles. The van der Waals surface area contributed by atoms with E-state index < -0.39 is 0 Å². The number of benzene rings is 1. The Labute approximate surface area is 116 Å². The number of hydrogen-bond acceptors (Lipinski definition) is 2. The Bertz CT molecular complexity index is 418. The summed E-state index contributed by atoms with van der Waals surface area (Å²) >= 11 is 0. The van der Waals surface area contributed by atoms with E-state index in [4.69, 9.17) is 4.74 Å². The fourth-order valence-corrected chi connectivity index (χ4v) is 3.64. The second-order valence-corrected chi connectivity index (χ2v) is 6.44. The summed E-state index contributed by atoms with van der Waals surface area (Å²) in [5.41, 5.74) is 4.27. The normalized spacial score (nSPS) is 26.5. The Morgan fingerprint density at radius 3 is 2.32 bits per heavy atom. The van der Waals surface area contributed by atoms with Crippen LogP contribution in [0, 0.1) is 13.8 Å². The van der Waals surface area contributed by atoms with Gasteiger partial charge in [-0.2, -0.15) is 0 Å². The number of rotatable bonds is 1. The summed E-state index contributed by atoms with van der Waals surface area (Å²) in [6.07, 6.45) is 6.89. The number of ether oxygens (including phenoxy) is 1.